The predicted molar refractivity (Wildman–Crippen MR) is 112 cm³/mol. The van der Waals surface area contributed by atoms with Crippen LogP contribution < -0.4 is 25.8 Å². The van der Waals surface area contributed by atoms with Crippen LogP contribution in [0.1, 0.15) is 16.1 Å². The maximum absolute atomic E-state index is 12.6. The molecule has 4 N–H and O–H groups in total. The Hall–Kier alpha value is -4.08. The van der Waals surface area contributed by atoms with Gasteiger partial charge in [0.2, 0.25) is 5.91 Å². The number of aromatic nitrogens is 3. The molecule has 0 aliphatic heterocycles. The molecule has 0 saturated heterocycles. The van der Waals surface area contributed by atoms with Crippen molar-refractivity contribution in [3.05, 3.63) is 53.7 Å². The summed E-state index contributed by atoms with van der Waals surface area (Å²) in [6, 6.07) is 12.3. The van der Waals surface area contributed by atoms with Crippen LogP contribution >= 0.6 is 0 Å². The largest absolute Gasteiger partial charge is 0.497 e. The molecule has 0 aliphatic carbocycles. The number of nitrogen functional groups attached to an aromatic ring is 1. The molecule has 3 rings (SSSR count). The minimum atomic E-state index is -0.559. The zero-order chi connectivity index (χ0) is 21.7. The van der Waals surface area contributed by atoms with Gasteiger partial charge in [-0.15, -0.1) is 5.10 Å². The Balaban J connectivity index is 1.70. The Morgan fingerprint density at radius 1 is 1.10 bits per heavy atom. The van der Waals surface area contributed by atoms with Gasteiger partial charge in [-0.3, -0.25) is 9.59 Å². The summed E-state index contributed by atoms with van der Waals surface area (Å²) in [5.41, 5.74) is 7.88. The summed E-state index contributed by atoms with van der Waals surface area (Å²) >= 11 is 0. The van der Waals surface area contributed by atoms with Gasteiger partial charge in [-0.05, 0) is 36.8 Å². The fourth-order valence-electron chi connectivity index (χ4n) is 2.74. The third kappa shape index (κ3) is 4.66. The van der Waals surface area contributed by atoms with E-state index in [0.29, 0.717) is 22.9 Å². The lowest BCUT2D eigenvalue weighted by Gasteiger charge is -2.10. The topological polar surface area (TPSA) is 133 Å². The Labute approximate surface area is 173 Å². The average molecular weight is 410 g/mol. The highest BCUT2D eigenvalue weighted by atomic mass is 16.5. The van der Waals surface area contributed by atoms with Crippen molar-refractivity contribution in [2.24, 2.45) is 0 Å². The highest BCUT2D eigenvalue weighted by molar-refractivity contribution is 6.06. The van der Waals surface area contributed by atoms with Gasteiger partial charge >= 0.3 is 0 Å². The number of nitrogens with one attached hydrogen (secondary N) is 2. The van der Waals surface area contributed by atoms with Crippen molar-refractivity contribution < 1.29 is 19.1 Å². The number of ether oxygens (including phenoxy) is 2. The summed E-state index contributed by atoms with van der Waals surface area (Å²) in [6.45, 7) is 1.68. The van der Waals surface area contributed by atoms with Crippen molar-refractivity contribution in [1.29, 1.82) is 0 Å². The van der Waals surface area contributed by atoms with Gasteiger partial charge in [-0.1, -0.05) is 17.3 Å². The highest BCUT2D eigenvalue weighted by Gasteiger charge is 2.20. The number of aryl methyl sites for hydroxylation is 1. The van der Waals surface area contributed by atoms with Crippen LogP contribution in [0.2, 0.25) is 0 Å². The summed E-state index contributed by atoms with van der Waals surface area (Å²) in [5, 5.41) is 13.0. The van der Waals surface area contributed by atoms with Crippen LogP contribution in [0.15, 0.2) is 42.5 Å². The number of amides is 2. The molecule has 0 atom stereocenters. The second-order valence-electron chi connectivity index (χ2n) is 6.42. The Bertz CT molecular complexity index is 1080. The van der Waals surface area contributed by atoms with Crippen molar-refractivity contribution in [3.8, 4) is 11.5 Å². The van der Waals surface area contributed by atoms with Crippen LogP contribution in [-0.2, 0) is 11.3 Å². The van der Waals surface area contributed by atoms with Gasteiger partial charge in [-0.25, -0.2) is 4.68 Å². The van der Waals surface area contributed by atoms with E-state index in [0.717, 1.165) is 10.2 Å². The van der Waals surface area contributed by atoms with Crippen LogP contribution in [0.5, 0.6) is 11.5 Å². The van der Waals surface area contributed by atoms with Gasteiger partial charge in [0.1, 0.15) is 18.0 Å². The maximum Gasteiger partial charge on any atom is 0.280 e. The molecule has 3 aromatic rings. The van der Waals surface area contributed by atoms with E-state index in [-0.39, 0.29) is 24.0 Å². The Kier molecular flexibility index (Phi) is 6.16. The Morgan fingerprint density at radius 2 is 1.90 bits per heavy atom. The second-order valence-corrected chi connectivity index (χ2v) is 6.42. The number of hydrogen-bond acceptors (Lipinski definition) is 7. The molecule has 0 saturated carbocycles. The van der Waals surface area contributed by atoms with Gasteiger partial charge in [0.15, 0.2) is 11.5 Å². The smallest absolute Gasteiger partial charge is 0.280 e. The van der Waals surface area contributed by atoms with Crippen LogP contribution in [0.3, 0.4) is 0 Å². The number of rotatable bonds is 7. The van der Waals surface area contributed by atoms with Gasteiger partial charge < -0.3 is 25.8 Å². The SMILES string of the molecule is COc1cccc(NC(=O)Cn2nnc(C(=O)Nc3cc(C)ccc3OC)c2N)c1. The van der Waals surface area contributed by atoms with Crippen LogP contribution in [0.4, 0.5) is 17.2 Å². The lowest BCUT2D eigenvalue weighted by atomic mass is 10.2. The van der Waals surface area contributed by atoms with Crippen molar-refractivity contribution in [1.82, 2.24) is 15.0 Å². The zero-order valence-electron chi connectivity index (χ0n) is 16.8. The molecule has 30 heavy (non-hydrogen) atoms. The molecule has 10 heteroatoms. The Morgan fingerprint density at radius 3 is 2.63 bits per heavy atom. The molecule has 0 fully saturated rings. The molecule has 0 aliphatic rings. The van der Waals surface area contributed by atoms with Crippen molar-refractivity contribution in [2.75, 3.05) is 30.6 Å². The molecule has 156 valence electrons. The third-order valence-corrected chi connectivity index (χ3v) is 4.24. The fraction of sp³-hybridized carbons (Fsp3) is 0.200. The van der Waals surface area contributed by atoms with E-state index in [1.54, 1.807) is 36.4 Å². The summed E-state index contributed by atoms with van der Waals surface area (Å²) in [4.78, 5) is 24.9. The molecule has 0 unspecified atom stereocenters. The molecule has 2 aromatic carbocycles. The van der Waals surface area contributed by atoms with E-state index < -0.39 is 5.91 Å². The molecule has 0 bridgehead atoms. The first kappa shape index (κ1) is 20.6. The summed E-state index contributed by atoms with van der Waals surface area (Å²) in [6.07, 6.45) is 0. The first-order chi connectivity index (χ1) is 14.4. The summed E-state index contributed by atoms with van der Waals surface area (Å²) in [5.74, 6) is 0.138. The zero-order valence-corrected chi connectivity index (χ0v) is 16.8. The number of carbonyl (C=O) groups is 2. The molecule has 0 spiro atoms. The van der Waals surface area contributed by atoms with E-state index in [2.05, 4.69) is 20.9 Å². The standard InChI is InChI=1S/C20H22N6O4/c1-12-7-8-16(30-3)15(9-12)23-20(28)18-19(21)26(25-24-18)11-17(27)22-13-5-4-6-14(10-13)29-2/h4-10H,11,21H2,1-3H3,(H,22,27)(H,23,28). The molecule has 1 heterocycles. The van der Waals surface area contributed by atoms with E-state index in [1.807, 2.05) is 13.0 Å². The normalized spacial score (nSPS) is 10.4. The van der Waals surface area contributed by atoms with Crippen LogP contribution in [0.25, 0.3) is 0 Å². The van der Waals surface area contributed by atoms with Gasteiger partial charge in [0.05, 0.1) is 19.9 Å². The third-order valence-electron chi connectivity index (χ3n) is 4.24. The van der Waals surface area contributed by atoms with Gasteiger partial charge in [-0.2, -0.15) is 0 Å². The molecule has 0 radical (unpaired) electrons. The predicted octanol–water partition coefficient (Wildman–Crippen LogP) is 2.08. The summed E-state index contributed by atoms with van der Waals surface area (Å²) < 4.78 is 11.5. The fourth-order valence-corrected chi connectivity index (χ4v) is 2.74. The first-order valence-corrected chi connectivity index (χ1v) is 9.00. The molecule has 2 amide bonds. The minimum Gasteiger partial charge on any atom is -0.497 e. The van der Waals surface area contributed by atoms with Crippen molar-refractivity contribution in [3.63, 3.8) is 0 Å². The summed E-state index contributed by atoms with van der Waals surface area (Å²) in [7, 11) is 3.04. The lowest BCUT2D eigenvalue weighted by molar-refractivity contribution is -0.116. The van der Waals surface area contributed by atoms with Crippen molar-refractivity contribution in [2.45, 2.75) is 13.5 Å². The molecule has 1 aromatic heterocycles. The highest BCUT2D eigenvalue weighted by Crippen LogP contribution is 2.26. The van der Waals surface area contributed by atoms with Gasteiger partial charge in [0.25, 0.3) is 5.91 Å². The number of anilines is 3. The van der Waals surface area contributed by atoms with E-state index in [4.69, 9.17) is 15.2 Å². The quantitative estimate of drug-likeness (QED) is 0.543. The van der Waals surface area contributed by atoms with Crippen LogP contribution in [0, 0.1) is 6.92 Å². The van der Waals surface area contributed by atoms with Crippen LogP contribution in [-0.4, -0.2) is 41.0 Å². The monoisotopic (exact) mass is 410 g/mol. The number of methoxy groups -OCH3 is 2. The average Bonchev–Trinajstić information content (AvgIpc) is 3.08. The lowest BCUT2D eigenvalue weighted by Crippen LogP contribution is -2.21. The van der Waals surface area contributed by atoms with Gasteiger partial charge in [0, 0.05) is 11.8 Å². The number of carbonyl (C=O) groups excluding carboxylic acids is 2. The molecule has 10 nitrogen and oxygen atoms in total. The van der Waals surface area contributed by atoms with Crippen molar-refractivity contribution >= 4 is 29.0 Å². The van der Waals surface area contributed by atoms with E-state index >= 15 is 0 Å². The molecular weight excluding hydrogens is 388 g/mol. The second kappa shape index (κ2) is 8.95. The first-order valence-electron chi connectivity index (χ1n) is 9.00. The van der Waals surface area contributed by atoms with E-state index in [1.165, 1.54) is 14.2 Å². The number of hydrogen-bond donors (Lipinski definition) is 3. The maximum atomic E-state index is 12.6. The number of nitrogens with zero attached hydrogens (tertiary/aromatic N) is 3. The molecular formula is C20H22N6O4. The number of benzene rings is 2. The van der Waals surface area contributed by atoms with E-state index in [9.17, 15) is 9.59 Å². The number of nitrogens with two attached hydrogens (primary N) is 1. The minimum absolute atomic E-state index is 0.0279.